The maximum absolute atomic E-state index is 12.8. The molecule has 3 nitrogen and oxygen atoms in total. The number of rotatable bonds is 6. The van der Waals surface area contributed by atoms with Gasteiger partial charge in [0.15, 0.2) is 0 Å². The Labute approximate surface area is 190 Å². The highest BCUT2D eigenvalue weighted by Crippen LogP contribution is 3.02. The van der Waals surface area contributed by atoms with Gasteiger partial charge in [-0.15, -0.1) is 0 Å². The molecule has 1 aromatic rings. The smallest absolute Gasteiger partial charge is 0.328 e. The lowest BCUT2D eigenvalue weighted by molar-refractivity contribution is -0.131. The van der Waals surface area contributed by atoms with Crippen molar-refractivity contribution in [1.82, 2.24) is 0 Å². The molecule has 0 aromatic heterocycles. The van der Waals surface area contributed by atoms with E-state index >= 15 is 0 Å². The molecule has 0 saturated carbocycles. The maximum Gasteiger partial charge on any atom is 0.328 e. The molecule has 0 fully saturated rings. The zero-order valence-electron chi connectivity index (χ0n) is 18.7. The summed E-state index contributed by atoms with van der Waals surface area (Å²) in [5.41, 5.74) is 1.71. The molecular weight excluding hydrogens is 463 g/mol. The van der Waals surface area contributed by atoms with Gasteiger partial charge in [0.05, 0.1) is 6.10 Å². The highest BCUT2D eigenvalue weighted by Gasteiger charge is 2.65. The average molecular weight is 491 g/mol. The van der Waals surface area contributed by atoms with Gasteiger partial charge in [-0.25, -0.2) is 4.79 Å². The van der Waals surface area contributed by atoms with Gasteiger partial charge in [0.1, 0.15) is 11.5 Å². The second-order valence-corrected chi connectivity index (χ2v) is 11.2. The number of ether oxygens (including phenoxy) is 1. The first-order chi connectivity index (χ1) is 14.9. The van der Waals surface area contributed by atoms with Gasteiger partial charge in [-0.1, -0.05) is 68.9 Å². The summed E-state index contributed by atoms with van der Waals surface area (Å²) in [6.45, 7) is 7.87. The molecule has 2 rings (SSSR count). The fourth-order valence-corrected chi connectivity index (χ4v) is 4.46. The van der Waals surface area contributed by atoms with Crippen molar-refractivity contribution in [3.05, 3.63) is 65.3 Å². The summed E-state index contributed by atoms with van der Waals surface area (Å²) < 4.78 is 69.6. The lowest BCUT2D eigenvalue weighted by Crippen LogP contribution is -2.34. The number of carboxylic acids is 1. The van der Waals surface area contributed by atoms with Gasteiger partial charge in [-0.2, -0.15) is 0 Å². The molecule has 2 atom stereocenters. The minimum Gasteiger partial charge on any atom is -0.478 e. The van der Waals surface area contributed by atoms with E-state index in [-0.39, 0.29) is 29.6 Å². The molecule has 1 N–H and O–H groups in total. The molecule has 182 valence electrons. The van der Waals surface area contributed by atoms with E-state index in [0.29, 0.717) is 24.1 Å². The van der Waals surface area contributed by atoms with Crippen molar-refractivity contribution in [2.45, 2.75) is 45.1 Å². The van der Waals surface area contributed by atoms with E-state index in [1.54, 1.807) is 13.0 Å². The lowest BCUT2D eigenvalue weighted by atomic mass is 9.67. The molecular formula is C24H27F5O3S. The fourth-order valence-electron chi connectivity index (χ4n) is 3.81. The molecule has 1 aliphatic rings. The largest absolute Gasteiger partial charge is 0.478 e. The van der Waals surface area contributed by atoms with Crippen molar-refractivity contribution in [2.75, 3.05) is 6.61 Å². The number of carbonyl (C=O) groups is 1. The molecule has 0 bridgehead atoms. The molecule has 1 aromatic carbocycles. The molecule has 0 heterocycles. The molecule has 0 saturated heterocycles. The third kappa shape index (κ3) is 8.06. The molecule has 33 heavy (non-hydrogen) atoms. The Balaban J connectivity index is 2.03. The second-order valence-electron chi connectivity index (χ2n) is 8.81. The number of benzene rings is 1. The van der Waals surface area contributed by atoms with E-state index < -0.39 is 21.1 Å². The Hall–Kier alpha value is -2.57. The topological polar surface area (TPSA) is 46.5 Å². The summed E-state index contributed by atoms with van der Waals surface area (Å²) >= 11 is 0. The molecule has 0 aliphatic heterocycles. The number of allylic oxidation sites excluding steroid dienone is 4. The minimum atomic E-state index is -9.68. The summed E-state index contributed by atoms with van der Waals surface area (Å²) in [7, 11) is -9.68. The highest BCUT2D eigenvalue weighted by molar-refractivity contribution is 8.45. The zero-order chi connectivity index (χ0) is 25.1. The van der Waals surface area contributed by atoms with Crippen molar-refractivity contribution in [1.29, 1.82) is 0 Å². The van der Waals surface area contributed by atoms with Crippen LogP contribution in [0.25, 0.3) is 0 Å². The Morgan fingerprint density at radius 2 is 1.82 bits per heavy atom. The number of hydrogen-bond donors (Lipinski definition) is 1. The van der Waals surface area contributed by atoms with Gasteiger partial charge < -0.3 is 9.84 Å². The SMILES string of the molecule is CC1=C[C@@H](OCC#Cc2ccc(S(F)(F)(F)(F)F)cc2)CC(C)(C)[C@H]1/C=C/C(C)=C\C(=O)O. The van der Waals surface area contributed by atoms with Gasteiger partial charge in [0, 0.05) is 17.6 Å². The van der Waals surface area contributed by atoms with Crippen molar-refractivity contribution in [3.63, 3.8) is 0 Å². The van der Waals surface area contributed by atoms with Crippen LogP contribution in [0.3, 0.4) is 0 Å². The molecule has 0 spiro atoms. The number of aliphatic carboxylic acids is 1. The molecule has 9 heteroatoms. The highest BCUT2D eigenvalue weighted by atomic mass is 32.5. The predicted molar refractivity (Wildman–Crippen MR) is 121 cm³/mol. The van der Waals surface area contributed by atoms with Crippen LogP contribution in [0.1, 0.15) is 39.7 Å². The Bertz CT molecular complexity index is 1060. The van der Waals surface area contributed by atoms with Crippen LogP contribution in [0.4, 0.5) is 19.4 Å². The maximum atomic E-state index is 12.8. The lowest BCUT2D eigenvalue weighted by Gasteiger charge is -2.40. The molecule has 1 aliphatic carbocycles. The van der Waals surface area contributed by atoms with E-state index in [0.717, 1.165) is 23.8 Å². The third-order valence-corrected chi connectivity index (χ3v) is 6.48. The van der Waals surface area contributed by atoms with Crippen LogP contribution in [-0.2, 0) is 9.53 Å². The van der Waals surface area contributed by atoms with Crippen LogP contribution in [0.5, 0.6) is 0 Å². The van der Waals surface area contributed by atoms with E-state index in [1.165, 1.54) is 0 Å². The fraction of sp³-hybridized carbons (Fsp3) is 0.375. The zero-order valence-corrected chi connectivity index (χ0v) is 19.6. The van der Waals surface area contributed by atoms with Crippen LogP contribution in [-0.4, -0.2) is 23.8 Å². The average Bonchev–Trinajstić information content (AvgIpc) is 2.62. The quantitative estimate of drug-likeness (QED) is 0.146. The number of halogens is 5. The normalized spacial score (nSPS) is 23.2. The first kappa shape index (κ1) is 26.7. The van der Waals surface area contributed by atoms with E-state index in [9.17, 15) is 24.2 Å². The summed E-state index contributed by atoms with van der Waals surface area (Å²) in [5.74, 6) is 4.41. The molecule has 0 radical (unpaired) electrons. The second kappa shape index (κ2) is 8.65. The molecule has 0 unspecified atom stereocenters. The summed E-state index contributed by atoms with van der Waals surface area (Å²) in [4.78, 5) is 8.82. The Kier molecular flexibility index (Phi) is 7.00. The van der Waals surface area contributed by atoms with Crippen LogP contribution >= 0.6 is 10.2 Å². The van der Waals surface area contributed by atoms with Gasteiger partial charge in [0.2, 0.25) is 0 Å². The van der Waals surface area contributed by atoms with Gasteiger partial charge in [0.25, 0.3) is 0 Å². The predicted octanol–water partition coefficient (Wildman–Crippen LogP) is 7.66. The summed E-state index contributed by atoms with van der Waals surface area (Å²) in [6.07, 6.45) is 7.34. The van der Waals surface area contributed by atoms with Gasteiger partial charge >= 0.3 is 16.2 Å². The van der Waals surface area contributed by atoms with Crippen molar-refractivity contribution in [3.8, 4) is 11.8 Å². The van der Waals surface area contributed by atoms with Crippen molar-refractivity contribution < 1.29 is 34.1 Å². The number of hydrogen-bond acceptors (Lipinski definition) is 2. The van der Waals surface area contributed by atoms with Gasteiger partial charge in [-0.05, 0) is 55.5 Å². The van der Waals surface area contributed by atoms with Crippen molar-refractivity contribution >= 4 is 16.2 Å². The summed E-state index contributed by atoms with van der Waals surface area (Å²) in [5, 5.41) is 8.83. The van der Waals surface area contributed by atoms with E-state index in [2.05, 4.69) is 25.7 Å². The van der Waals surface area contributed by atoms with Crippen LogP contribution in [0.2, 0.25) is 0 Å². The van der Waals surface area contributed by atoms with E-state index in [4.69, 9.17) is 9.84 Å². The third-order valence-electron chi connectivity index (χ3n) is 5.31. The Morgan fingerprint density at radius 1 is 1.21 bits per heavy atom. The first-order valence-corrected chi connectivity index (χ1v) is 12.0. The first-order valence-electron chi connectivity index (χ1n) is 10.1. The summed E-state index contributed by atoms with van der Waals surface area (Å²) in [6, 6.07) is 2.49. The molecule has 0 amide bonds. The van der Waals surface area contributed by atoms with Gasteiger partial charge in [-0.3, -0.25) is 0 Å². The minimum absolute atomic E-state index is 0.0226. The van der Waals surface area contributed by atoms with Crippen LogP contribution < -0.4 is 0 Å². The van der Waals surface area contributed by atoms with Crippen LogP contribution in [0, 0.1) is 23.2 Å². The monoisotopic (exact) mass is 490 g/mol. The van der Waals surface area contributed by atoms with Crippen LogP contribution in [0.15, 0.2) is 64.6 Å². The van der Waals surface area contributed by atoms with Crippen molar-refractivity contribution in [2.24, 2.45) is 11.3 Å². The van der Waals surface area contributed by atoms with E-state index in [1.807, 2.05) is 19.1 Å². The standard InChI is InChI=1S/C24H27F5O3S/c1-17(14-23(30)31)7-12-22-18(2)15-20(16-24(22,3)4)32-13-5-6-19-8-10-21(11-9-19)33(25,26,27,28)29/h7-12,14-15,20,22H,13,16H2,1-4H3,(H,30,31)/b12-7+,17-14-/t20-,22+/m1/s1. The Morgan fingerprint density at radius 3 is 2.33 bits per heavy atom. The number of carboxylic acid groups (broad SMARTS) is 1.